The number of amides is 1. The van der Waals surface area contributed by atoms with E-state index in [0.717, 1.165) is 5.69 Å². The van der Waals surface area contributed by atoms with Crippen molar-refractivity contribution in [2.24, 2.45) is 0 Å². The van der Waals surface area contributed by atoms with Crippen molar-refractivity contribution in [3.63, 3.8) is 0 Å². The Kier molecular flexibility index (Phi) is 7.26. The summed E-state index contributed by atoms with van der Waals surface area (Å²) in [5.41, 5.74) is 1.57. The van der Waals surface area contributed by atoms with Crippen LogP contribution in [-0.4, -0.2) is 39.0 Å². The molecule has 0 unspecified atom stereocenters. The van der Waals surface area contributed by atoms with E-state index in [0.29, 0.717) is 23.9 Å². The smallest absolute Gasteiger partial charge is 0.339 e. The van der Waals surface area contributed by atoms with Gasteiger partial charge in [-0.2, -0.15) is 0 Å². The highest BCUT2D eigenvalue weighted by Crippen LogP contribution is 2.22. The summed E-state index contributed by atoms with van der Waals surface area (Å²) in [7, 11) is 0. The van der Waals surface area contributed by atoms with E-state index in [1.807, 2.05) is 37.3 Å². The van der Waals surface area contributed by atoms with E-state index in [-0.39, 0.29) is 22.2 Å². The van der Waals surface area contributed by atoms with Gasteiger partial charge in [0.15, 0.2) is 0 Å². The van der Waals surface area contributed by atoms with Crippen molar-refractivity contribution in [1.82, 2.24) is 14.8 Å². The number of esters is 1. The van der Waals surface area contributed by atoms with Crippen LogP contribution in [0.3, 0.4) is 0 Å². The average molecular weight is 431 g/mol. The number of aromatic nitrogens is 3. The molecule has 0 atom stereocenters. The maximum Gasteiger partial charge on any atom is 0.339 e. The third kappa shape index (κ3) is 5.82. The van der Waals surface area contributed by atoms with Gasteiger partial charge >= 0.3 is 5.97 Å². The maximum atomic E-state index is 12.3. The zero-order valence-electron chi connectivity index (χ0n) is 15.7. The summed E-state index contributed by atoms with van der Waals surface area (Å²) >= 11 is 7.28. The van der Waals surface area contributed by atoms with Gasteiger partial charge in [0.05, 0.1) is 28.6 Å². The van der Waals surface area contributed by atoms with E-state index in [1.165, 1.54) is 17.8 Å². The fourth-order valence-electron chi connectivity index (χ4n) is 2.38. The predicted molar refractivity (Wildman–Crippen MR) is 113 cm³/mol. The monoisotopic (exact) mass is 430 g/mol. The molecule has 9 heteroatoms. The minimum atomic E-state index is -0.516. The first-order chi connectivity index (χ1) is 14.1. The van der Waals surface area contributed by atoms with Crippen LogP contribution in [0.4, 0.5) is 5.69 Å². The molecule has 1 N–H and O–H groups in total. The Morgan fingerprint density at radius 1 is 1.21 bits per heavy atom. The standard InChI is InChI=1S/C20H19ClN4O3S/c1-2-10-28-19(27)16-11-14(8-9-17(16)21)23-18(26)12-29-20-22-13-25(24-20)15-6-4-3-5-7-15/h3-9,11,13H,2,10,12H2,1H3,(H,23,26). The van der Waals surface area contributed by atoms with E-state index in [2.05, 4.69) is 15.4 Å². The van der Waals surface area contributed by atoms with Crippen LogP contribution in [0.15, 0.2) is 60.0 Å². The molecule has 0 saturated carbocycles. The largest absolute Gasteiger partial charge is 0.462 e. The Morgan fingerprint density at radius 3 is 2.76 bits per heavy atom. The van der Waals surface area contributed by atoms with Crippen LogP contribution in [0, 0.1) is 0 Å². The second-order valence-electron chi connectivity index (χ2n) is 5.97. The van der Waals surface area contributed by atoms with Gasteiger partial charge in [0, 0.05) is 5.69 Å². The quantitative estimate of drug-likeness (QED) is 0.425. The molecule has 0 aliphatic carbocycles. The molecule has 2 aromatic carbocycles. The lowest BCUT2D eigenvalue weighted by Crippen LogP contribution is -2.15. The average Bonchev–Trinajstić information content (AvgIpc) is 3.21. The first-order valence-corrected chi connectivity index (χ1v) is 10.3. The van der Waals surface area contributed by atoms with E-state index in [9.17, 15) is 9.59 Å². The summed E-state index contributed by atoms with van der Waals surface area (Å²) in [5.74, 6) is -0.643. The molecule has 29 heavy (non-hydrogen) atoms. The maximum absolute atomic E-state index is 12.3. The molecule has 0 spiro atoms. The van der Waals surface area contributed by atoms with Crippen molar-refractivity contribution in [2.75, 3.05) is 17.7 Å². The molecular weight excluding hydrogens is 412 g/mol. The zero-order chi connectivity index (χ0) is 20.6. The predicted octanol–water partition coefficient (Wildman–Crippen LogP) is 4.22. The Balaban J connectivity index is 1.57. The second-order valence-corrected chi connectivity index (χ2v) is 7.32. The van der Waals surface area contributed by atoms with Crippen LogP contribution < -0.4 is 5.32 Å². The van der Waals surface area contributed by atoms with Gasteiger partial charge in [-0.15, -0.1) is 5.10 Å². The highest BCUT2D eigenvalue weighted by atomic mass is 35.5. The van der Waals surface area contributed by atoms with Crippen molar-refractivity contribution in [2.45, 2.75) is 18.5 Å². The molecule has 7 nitrogen and oxygen atoms in total. The van der Waals surface area contributed by atoms with E-state index in [1.54, 1.807) is 23.1 Å². The Morgan fingerprint density at radius 2 is 2.00 bits per heavy atom. The molecule has 0 radical (unpaired) electrons. The van der Waals surface area contributed by atoms with Gasteiger partial charge in [0.25, 0.3) is 0 Å². The third-order valence-corrected chi connectivity index (χ3v) is 4.91. The number of hydrogen-bond donors (Lipinski definition) is 1. The van der Waals surface area contributed by atoms with Crippen molar-refractivity contribution in [3.8, 4) is 5.69 Å². The van der Waals surface area contributed by atoms with Crippen LogP contribution in [0.1, 0.15) is 23.7 Å². The number of nitrogens with zero attached hydrogens (tertiary/aromatic N) is 3. The zero-order valence-corrected chi connectivity index (χ0v) is 17.2. The van der Waals surface area contributed by atoms with Gasteiger partial charge in [0.1, 0.15) is 6.33 Å². The number of hydrogen-bond acceptors (Lipinski definition) is 6. The number of rotatable bonds is 8. The Hall–Kier alpha value is -2.84. The molecule has 3 aromatic rings. The van der Waals surface area contributed by atoms with Gasteiger partial charge in [-0.1, -0.05) is 48.5 Å². The van der Waals surface area contributed by atoms with Gasteiger partial charge in [0.2, 0.25) is 11.1 Å². The number of thioether (sulfide) groups is 1. The van der Waals surface area contributed by atoms with Gasteiger partial charge in [-0.25, -0.2) is 14.5 Å². The topological polar surface area (TPSA) is 86.1 Å². The minimum absolute atomic E-state index is 0.122. The van der Waals surface area contributed by atoms with Gasteiger partial charge < -0.3 is 10.1 Å². The van der Waals surface area contributed by atoms with Crippen molar-refractivity contribution in [3.05, 3.63) is 65.4 Å². The number of anilines is 1. The van der Waals surface area contributed by atoms with Gasteiger partial charge in [-0.3, -0.25) is 4.79 Å². The lowest BCUT2D eigenvalue weighted by molar-refractivity contribution is -0.113. The van der Waals surface area contributed by atoms with Gasteiger partial charge in [-0.05, 0) is 36.8 Å². The molecular formula is C20H19ClN4O3S. The first kappa shape index (κ1) is 20.9. The summed E-state index contributed by atoms with van der Waals surface area (Å²) in [6.45, 7) is 2.21. The molecule has 3 rings (SSSR count). The highest BCUT2D eigenvalue weighted by Gasteiger charge is 2.14. The fraction of sp³-hybridized carbons (Fsp3) is 0.200. The van der Waals surface area contributed by atoms with Crippen LogP contribution >= 0.6 is 23.4 Å². The number of halogens is 1. The molecule has 1 aromatic heterocycles. The number of ether oxygens (including phenoxy) is 1. The summed E-state index contributed by atoms with van der Waals surface area (Å²) in [5, 5.41) is 7.85. The van der Waals surface area contributed by atoms with Crippen LogP contribution in [0.5, 0.6) is 0 Å². The second kappa shape index (κ2) is 10.1. The summed E-state index contributed by atoms with van der Waals surface area (Å²) < 4.78 is 6.75. The fourth-order valence-corrected chi connectivity index (χ4v) is 3.17. The van der Waals surface area contributed by atoms with E-state index >= 15 is 0 Å². The number of carbonyl (C=O) groups excluding carboxylic acids is 2. The molecule has 0 bridgehead atoms. The minimum Gasteiger partial charge on any atom is -0.462 e. The van der Waals surface area contributed by atoms with Crippen LogP contribution in [0.25, 0.3) is 5.69 Å². The molecule has 0 saturated heterocycles. The molecule has 0 fully saturated rings. The van der Waals surface area contributed by atoms with E-state index in [4.69, 9.17) is 16.3 Å². The first-order valence-electron chi connectivity index (χ1n) is 8.93. The number of carbonyl (C=O) groups is 2. The summed E-state index contributed by atoms with van der Waals surface area (Å²) in [4.78, 5) is 28.5. The van der Waals surface area contributed by atoms with Crippen molar-refractivity contribution < 1.29 is 14.3 Å². The Bertz CT molecular complexity index is 994. The molecule has 1 heterocycles. The lowest BCUT2D eigenvalue weighted by Gasteiger charge is -2.09. The normalized spacial score (nSPS) is 10.6. The summed E-state index contributed by atoms with van der Waals surface area (Å²) in [6.07, 6.45) is 2.31. The Labute approximate surface area is 177 Å². The lowest BCUT2D eigenvalue weighted by atomic mass is 10.2. The van der Waals surface area contributed by atoms with Crippen molar-refractivity contribution >= 4 is 40.9 Å². The summed E-state index contributed by atoms with van der Waals surface area (Å²) in [6, 6.07) is 14.3. The van der Waals surface area contributed by atoms with E-state index < -0.39 is 5.97 Å². The van der Waals surface area contributed by atoms with Crippen molar-refractivity contribution in [1.29, 1.82) is 0 Å². The number of nitrogens with one attached hydrogen (secondary N) is 1. The van der Waals surface area contributed by atoms with Crippen LogP contribution in [0.2, 0.25) is 5.02 Å². The molecule has 1 amide bonds. The van der Waals surface area contributed by atoms with Crippen LogP contribution in [-0.2, 0) is 9.53 Å². The highest BCUT2D eigenvalue weighted by molar-refractivity contribution is 7.99. The number of para-hydroxylation sites is 1. The molecule has 0 aliphatic rings. The number of benzene rings is 2. The molecule has 150 valence electrons. The molecule has 0 aliphatic heterocycles. The SMILES string of the molecule is CCCOC(=O)c1cc(NC(=O)CSc2ncn(-c3ccccc3)n2)ccc1Cl. The third-order valence-electron chi connectivity index (χ3n) is 3.73.